The predicted molar refractivity (Wildman–Crippen MR) is 106 cm³/mol. The van der Waals surface area contributed by atoms with Crippen molar-refractivity contribution in [2.75, 3.05) is 25.5 Å². The van der Waals surface area contributed by atoms with Gasteiger partial charge in [-0.05, 0) is 43.2 Å². The lowest BCUT2D eigenvalue weighted by Crippen LogP contribution is -2.27. The quantitative estimate of drug-likeness (QED) is 0.687. The number of ether oxygens (including phenoxy) is 1. The van der Waals surface area contributed by atoms with Crippen molar-refractivity contribution in [3.05, 3.63) is 60.5 Å². The van der Waals surface area contributed by atoms with E-state index in [-0.39, 0.29) is 0 Å². The molecule has 1 saturated carbocycles. The summed E-state index contributed by atoms with van der Waals surface area (Å²) in [5.41, 5.74) is 2.09. The minimum atomic E-state index is 0.512. The molecule has 4 heterocycles. The molecule has 144 valence electrons. The van der Waals surface area contributed by atoms with Crippen molar-refractivity contribution in [2.24, 2.45) is 5.92 Å². The second kappa shape index (κ2) is 7.03. The van der Waals surface area contributed by atoms with Gasteiger partial charge in [0.15, 0.2) is 11.6 Å². The van der Waals surface area contributed by atoms with Crippen molar-refractivity contribution in [3.63, 3.8) is 0 Å². The first kappa shape index (κ1) is 16.9. The average Bonchev–Trinajstić information content (AvgIpc) is 3.30. The van der Waals surface area contributed by atoms with Crippen LogP contribution in [0.15, 0.2) is 54.8 Å². The van der Waals surface area contributed by atoms with Crippen LogP contribution in [0.2, 0.25) is 0 Å². The van der Waals surface area contributed by atoms with Crippen LogP contribution in [0.3, 0.4) is 0 Å². The molecule has 0 atom stereocenters. The van der Waals surface area contributed by atoms with E-state index in [1.54, 1.807) is 16.9 Å². The van der Waals surface area contributed by atoms with E-state index in [2.05, 4.69) is 55.9 Å². The summed E-state index contributed by atoms with van der Waals surface area (Å²) in [6.07, 6.45) is 13.7. The summed E-state index contributed by atoms with van der Waals surface area (Å²) in [4.78, 5) is 6.52. The summed E-state index contributed by atoms with van der Waals surface area (Å²) in [5, 5.41) is 15.1. The molecule has 8 nitrogen and oxygen atoms in total. The number of nitrogens with zero attached hydrogens (tertiary/aromatic N) is 5. The van der Waals surface area contributed by atoms with Gasteiger partial charge in [-0.1, -0.05) is 0 Å². The van der Waals surface area contributed by atoms with Gasteiger partial charge >= 0.3 is 0 Å². The van der Waals surface area contributed by atoms with E-state index in [0.29, 0.717) is 11.8 Å². The lowest BCUT2D eigenvalue weighted by molar-refractivity contribution is 0.0970. The van der Waals surface area contributed by atoms with Crippen LogP contribution in [0.4, 0.5) is 11.6 Å². The van der Waals surface area contributed by atoms with Gasteiger partial charge in [-0.15, -0.1) is 0 Å². The summed E-state index contributed by atoms with van der Waals surface area (Å²) in [6.45, 7) is 1.64. The Bertz CT molecular complexity index is 1030. The van der Waals surface area contributed by atoms with Crippen molar-refractivity contribution in [1.29, 1.82) is 0 Å². The monoisotopic (exact) mass is 377 g/mol. The van der Waals surface area contributed by atoms with E-state index in [0.717, 1.165) is 48.9 Å². The third-order valence-electron chi connectivity index (χ3n) is 5.38. The normalized spacial score (nSPS) is 21.5. The Labute approximate surface area is 162 Å². The van der Waals surface area contributed by atoms with Crippen LogP contribution in [0.5, 0.6) is 0 Å². The smallest absolute Gasteiger partial charge is 0.157 e. The van der Waals surface area contributed by atoms with Gasteiger partial charge < -0.3 is 15.0 Å². The molecule has 0 spiro atoms. The fourth-order valence-corrected chi connectivity index (χ4v) is 3.78. The molecule has 0 aromatic carbocycles. The summed E-state index contributed by atoms with van der Waals surface area (Å²) in [6, 6.07) is 4.00. The van der Waals surface area contributed by atoms with Gasteiger partial charge in [0.2, 0.25) is 0 Å². The average molecular weight is 377 g/mol. The van der Waals surface area contributed by atoms with Crippen molar-refractivity contribution >= 4 is 17.2 Å². The molecule has 8 heteroatoms. The number of aromatic amines is 1. The zero-order valence-electron chi connectivity index (χ0n) is 15.7. The fraction of sp³-hybridized carbons (Fsp3) is 0.350. The van der Waals surface area contributed by atoms with Crippen LogP contribution in [0.1, 0.15) is 24.5 Å². The summed E-state index contributed by atoms with van der Waals surface area (Å²) in [7, 11) is 2.05. The van der Waals surface area contributed by atoms with Crippen molar-refractivity contribution in [1.82, 2.24) is 29.7 Å². The van der Waals surface area contributed by atoms with Gasteiger partial charge in [-0.3, -0.25) is 5.10 Å². The maximum atomic E-state index is 5.97. The van der Waals surface area contributed by atoms with Crippen molar-refractivity contribution in [2.45, 2.75) is 18.8 Å². The lowest BCUT2D eigenvalue weighted by atomic mass is 9.74. The molecule has 1 aliphatic carbocycles. The Morgan fingerprint density at radius 2 is 2.25 bits per heavy atom. The van der Waals surface area contributed by atoms with Crippen LogP contribution in [-0.2, 0) is 4.74 Å². The van der Waals surface area contributed by atoms with Crippen LogP contribution < -0.4 is 5.32 Å². The molecule has 2 aliphatic rings. The largest absolute Gasteiger partial charge is 0.496 e. The van der Waals surface area contributed by atoms with Gasteiger partial charge in [-0.25, -0.2) is 9.50 Å². The summed E-state index contributed by atoms with van der Waals surface area (Å²) >= 11 is 0. The number of rotatable bonds is 6. The summed E-state index contributed by atoms with van der Waals surface area (Å²) < 4.78 is 7.76. The molecular formula is C20H23N7O. The second-order valence-corrected chi connectivity index (χ2v) is 7.51. The molecule has 0 amide bonds. The van der Waals surface area contributed by atoms with Crippen LogP contribution in [-0.4, -0.2) is 49.9 Å². The first-order chi connectivity index (χ1) is 13.7. The van der Waals surface area contributed by atoms with E-state index in [9.17, 15) is 0 Å². The Morgan fingerprint density at radius 3 is 3.14 bits per heavy atom. The number of hydrogen-bond donors (Lipinski definition) is 2. The van der Waals surface area contributed by atoms with Gasteiger partial charge in [0.05, 0.1) is 19.3 Å². The van der Waals surface area contributed by atoms with Gasteiger partial charge in [0, 0.05) is 37.1 Å². The first-order valence-electron chi connectivity index (χ1n) is 9.55. The molecule has 0 radical (unpaired) electrons. The van der Waals surface area contributed by atoms with E-state index in [1.165, 1.54) is 5.69 Å². The Hall–Kier alpha value is -3.29. The zero-order chi connectivity index (χ0) is 18.9. The van der Waals surface area contributed by atoms with E-state index in [4.69, 9.17) is 4.74 Å². The minimum absolute atomic E-state index is 0.512. The molecule has 0 unspecified atom stereocenters. The van der Waals surface area contributed by atoms with Crippen LogP contribution in [0.25, 0.3) is 5.52 Å². The van der Waals surface area contributed by atoms with Gasteiger partial charge in [-0.2, -0.15) is 10.2 Å². The van der Waals surface area contributed by atoms with Crippen LogP contribution in [0, 0.1) is 5.92 Å². The molecule has 0 saturated heterocycles. The highest BCUT2D eigenvalue weighted by Crippen LogP contribution is 2.41. The van der Waals surface area contributed by atoms with Gasteiger partial charge in [0.1, 0.15) is 11.3 Å². The number of likely N-dealkylation sites (N-methyl/N-ethyl adjacent to an activating group) is 1. The SMILES string of the molecule is CN1C=CC=C(OCC2CC(c3cc(Nc4nccn5nccc45)n[nH]3)C2)C1. The highest BCUT2D eigenvalue weighted by Gasteiger charge is 2.32. The molecular weight excluding hydrogens is 354 g/mol. The van der Waals surface area contributed by atoms with E-state index in [1.807, 2.05) is 18.3 Å². The summed E-state index contributed by atoms with van der Waals surface area (Å²) in [5.74, 6) is 3.68. The molecule has 5 rings (SSSR count). The maximum absolute atomic E-state index is 5.97. The molecule has 2 N–H and O–H groups in total. The lowest BCUT2D eigenvalue weighted by Gasteiger charge is -2.35. The third-order valence-corrected chi connectivity index (χ3v) is 5.38. The van der Waals surface area contributed by atoms with E-state index >= 15 is 0 Å². The standard InChI is InChI=1S/C20H23N7O/c1-26-7-2-3-16(12-26)28-13-14-9-15(10-14)17-11-19(25-24-17)23-20-18-4-5-22-27(18)8-6-21-20/h2-8,11,14-15H,9-10,12-13H2,1H3,(H2,21,23,24,25). The Balaban J connectivity index is 1.15. The molecule has 1 aliphatic heterocycles. The highest BCUT2D eigenvalue weighted by molar-refractivity contribution is 5.71. The molecule has 28 heavy (non-hydrogen) atoms. The number of anilines is 2. The van der Waals surface area contributed by atoms with Crippen LogP contribution >= 0.6 is 0 Å². The maximum Gasteiger partial charge on any atom is 0.157 e. The zero-order valence-corrected chi connectivity index (χ0v) is 15.7. The topological polar surface area (TPSA) is 83.4 Å². The number of allylic oxidation sites excluding steroid dienone is 2. The number of nitrogens with one attached hydrogen (secondary N) is 2. The predicted octanol–water partition coefficient (Wildman–Crippen LogP) is 3.05. The number of aromatic nitrogens is 5. The molecule has 1 fully saturated rings. The van der Waals surface area contributed by atoms with Crippen molar-refractivity contribution < 1.29 is 4.74 Å². The van der Waals surface area contributed by atoms with E-state index < -0.39 is 0 Å². The number of fused-ring (bicyclic) bond motifs is 1. The van der Waals surface area contributed by atoms with Gasteiger partial charge in [0.25, 0.3) is 0 Å². The van der Waals surface area contributed by atoms with Crippen molar-refractivity contribution in [3.8, 4) is 0 Å². The molecule has 3 aromatic rings. The fourth-order valence-electron chi connectivity index (χ4n) is 3.78. The molecule has 3 aromatic heterocycles. The Kier molecular flexibility index (Phi) is 4.23. The second-order valence-electron chi connectivity index (χ2n) is 7.51. The number of hydrogen-bond acceptors (Lipinski definition) is 6. The highest BCUT2D eigenvalue weighted by atomic mass is 16.5. The first-order valence-corrected chi connectivity index (χ1v) is 9.55. The Morgan fingerprint density at radius 1 is 1.32 bits per heavy atom. The third kappa shape index (κ3) is 3.33. The minimum Gasteiger partial charge on any atom is -0.496 e. The molecule has 0 bridgehead atoms. The number of H-pyrrole nitrogens is 1.